The lowest BCUT2D eigenvalue weighted by Crippen LogP contribution is -2.40. The molecule has 1 atom stereocenters. The number of ether oxygens (including phenoxy) is 1. The summed E-state index contributed by atoms with van der Waals surface area (Å²) in [6.45, 7) is 4.65. The van der Waals surface area contributed by atoms with Crippen LogP contribution in [0.15, 0.2) is 64.3 Å². The highest BCUT2D eigenvalue weighted by Crippen LogP contribution is 2.38. The quantitative estimate of drug-likeness (QED) is 0.313. The lowest BCUT2D eigenvalue weighted by atomic mass is 9.90. The molecule has 1 aromatic heterocycles. The molecule has 5 rings (SSSR count). The third kappa shape index (κ3) is 6.03. The van der Waals surface area contributed by atoms with Crippen LogP contribution in [0, 0.1) is 19.7 Å². The van der Waals surface area contributed by atoms with E-state index in [0.717, 1.165) is 32.4 Å². The first kappa shape index (κ1) is 31.4. The molecule has 0 bridgehead atoms. The van der Waals surface area contributed by atoms with Crippen LogP contribution in [0.2, 0.25) is 0 Å². The minimum absolute atomic E-state index is 0.0109. The van der Waals surface area contributed by atoms with Crippen molar-refractivity contribution in [2.45, 2.75) is 32.9 Å². The molecule has 1 saturated heterocycles. The number of aromatic nitrogens is 2. The van der Waals surface area contributed by atoms with E-state index in [1.165, 1.54) is 38.0 Å². The summed E-state index contributed by atoms with van der Waals surface area (Å²) in [5.74, 6) is -0.614. The molecule has 0 aliphatic carbocycles. The Hall–Kier alpha value is -5.03. The van der Waals surface area contributed by atoms with E-state index in [2.05, 4.69) is 10.6 Å². The molecular weight excluding hydrogens is 577 g/mol. The Bertz CT molecular complexity index is 1950. The first-order valence-electron chi connectivity index (χ1n) is 14.5. The summed E-state index contributed by atoms with van der Waals surface area (Å²) >= 11 is 0. The molecule has 234 valence electrons. The maximum atomic E-state index is 15.7. The van der Waals surface area contributed by atoms with Crippen molar-refractivity contribution >= 4 is 17.5 Å². The van der Waals surface area contributed by atoms with Crippen LogP contribution in [-0.4, -0.2) is 52.6 Å². The molecule has 45 heavy (non-hydrogen) atoms. The van der Waals surface area contributed by atoms with Crippen molar-refractivity contribution in [3.05, 3.63) is 104 Å². The fraction of sp³-hybridized carbons (Fsp3) is 0.294. The Morgan fingerprint density at radius 3 is 2.38 bits per heavy atom. The van der Waals surface area contributed by atoms with Gasteiger partial charge >= 0.3 is 5.69 Å². The number of hydrogen-bond acceptors (Lipinski definition) is 6. The number of carbonyl (C=O) groups is 2. The van der Waals surface area contributed by atoms with Crippen LogP contribution in [0.3, 0.4) is 0 Å². The fourth-order valence-electron chi connectivity index (χ4n) is 5.84. The molecule has 11 heteroatoms. The second kappa shape index (κ2) is 12.5. The first-order chi connectivity index (χ1) is 21.4. The molecule has 3 aromatic carbocycles. The van der Waals surface area contributed by atoms with Crippen molar-refractivity contribution in [3.8, 4) is 28.0 Å². The number of carbonyl (C=O) groups excluding carboxylic acids is 2. The van der Waals surface area contributed by atoms with Crippen LogP contribution in [-0.2, 0) is 25.4 Å². The largest absolute Gasteiger partial charge is 0.496 e. The smallest absolute Gasteiger partial charge is 0.330 e. The monoisotopic (exact) mass is 613 g/mol. The Balaban J connectivity index is 1.47. The molecular formula is C34H36FN5O5. The number of nitrogens with one attached hydrogen (secondary N) is 2. The van der Waals surface area contributed by atoms with Gasteiger partial charge in [0, 0.05) is 57.1 Å². The van der Waals surface area contributed by atoms with Crippen LogP contribution in [0.25, 0.3) is 22.3 Å². The lowest BCUT2D eigenvalue weighted by Gasteiger charge is -2.24. The van der Waals surface area contributed by atoms with Gasteiger partial charge in [0.15, 0.2) is 0 Å². The number of benzene rings is 3. The van der Waals surface area contributed by atoms with Crippen molar-refractivity contribution in [2.24, 2.45) is 14.1 Å². The second-order valence-electron chi connectivity index (χ2n) is 11.4. The number of halogens is 1. The Morgan fingerprint density at radius 2 is 1.71 bits per heavy atom. The van der Waals surface area contributed by atoms with E-state index in [9.17, 15) is 19.2 Å². The number of anilines is 1. The molecule has 0 radical (unpaired) electrons. The highest BCUT2D eigenvalue weighted by molar-refractivity contribution is 6.04. The van der Waals surface area contributed by atoms with Crippen molar-refractivity contribution in [3.63, 3.8) is 0 Å². The van der Waals surface area contributed by atoms with E-state index in [-0.39, 0.29) is 24.1 Å². The van der Waals surface area contributed by atoms with Gasteiger partial charge in [0.2, 0.25) is 5.91 Å². The van der Waals surface area contributed by atoms with Crippen LogP contribution in [0.5, 0.6) is 5.75 Å². The third-order valence-corrected chi connectivity index (χ3v) is 8.57. The summed E-state index contributed by atoms with van der Waals surface area (Å²) in [7, 11) is 6.19. The molecule has 1 unspecified atom stereocenters. The molecule has 10 nitrogen and oxygen atoms in total. The number of likely N-dealkylation sites (N-methyl/N-ethyl adjacent to an activating group) is 1. The number of aryl methyl sites for hydroxylation is 1. The second-order valence-corrected chi connectivity index (χ2v) is 11.4. The summed E-state index contributed by atoms with van der Waals surface area (Å²) in [6, 6.07) is 14.6. The van der Waals surface area contributed by atoms with Crippen LogP contribution in [0.4, 0.5) is 10.1 Å². The normalized spacial score (nSPS) is 14.5. The standard InChI is InChI=1S/C34H36FN5O5/c1-19-23(21-13-28(35)26(30(14-21)45-6)17-38(3)22-15-31(41)36-16-22)9-7-10-24(19)25-11-8-12-29(20(25)2)37-32(42)27-18-39(4)34(44)40(5)33(27)43/h7-14,18,22H,15-17H2,1-6H3,(H,36,41)(H,37,42). The van der Waals surface area contributed by atoms with Gasteiger partial charge in [-0.05, 0) is 72.5 Å². The van der Waals surface area contributed by atoms with Gasteiger partial charge in [0.1, 0.15) is 17.1 Å². The average molecular weight is 614 g/mol. The maximum absolute atomic E-state index is 15.7. The molecule has 2 heterocycles. The van der Waals surface area contributed by atoms with Crippen LogP contribution >= 0.6 is 0 Å². The molecule has 1 fully saturated rings. The van der Waals surface area contributed by atoms with Gasteiger partial charge in [0.05, 0.1) is 7.11 Å². The molecule has 0 saturated carbocycles. The van der Waals surface area contributed by atoms with Crippen molar-refractivity contribution in [1.82, 2.24) is 19.4 Å². The molecule has 4 aromatic rings. The molecule has 0 spiro atoms. The van der Waals surface area contributed by atoms with Crippen LogP contribution < -0.4 is 26.6 Å². The number of nitrogens with zero attached hydrogens (tertiary/aromatic N) is 3. The van der Waals surface area contributed by atoms with Gasteiger partial charge in [-0.2, -0.15) is 0 Å². The fourth-order valence-corrected chi connectivity index (χ4v) is 5.84. The molecule has 1 aliphatic heterocycles. The van der Waals surface area contributed by atoms with E-state index in [4.69, 9.17) is 4.74 Å². The van der Waals surface area contributed by atoms with Gasteiger partial charge in [-0.25, -0.2) is 9.18 Å². The van der Waals surface area contributed by atoms with E-state index < -0.39 is 23.0 Å². The molecule has 1 aliphatic rings. The first-order valence-corrected chi connectivity index (χ1v) is 14.5. The van der Waals surface area contributed by atoms with Crippen molar-refractivity contribution in [1.29, 1.82) is 0 Å². The third-order valence-electron chi connectivity index (χ3n) is 8.57. The summed E-state index contributed by atoms with van der Waals surface area (Å²) in [4.78, 5) is 51.4. The molecule has 2 amide bonds. The van der Waals surface area contributed by atoms with Gasteiger partial charge in [-0.1, -0.05) is 30.3 Å². The van der Waals surface area contributed by atoms with E-state index in [0.29, 0.717) is 35.5 Å². The zero-order chi connectivity index (χ0) is 32.6. The van der Waals surface area contributed by atoms with Crippen LogP contribution in [0.1, 0.15) is 33.5 Å². The minimum atomic E-state index is -0.682. The average Bonchev–Trinajstić information content (AvgIpc) is 3.46. The topological polar surface area (TPSA) is 115 Å². The number of hydrogen-bond donors (Lipinski definition) is 2. The zero-order valence-electron chi connectivity index (χ0n) is 26.2. The van der Waals surface area contributed by atoms with Gasteiger partial charge in [-0.15, -0.1) is 0 Å². The van der Waals surface area contributed by atoms with E-state index >= 15 is 4.39 Å². The highest BCUT2D eigenvalue weighted by Gasteiger charge is 2.27. The molecule has 2 N–H and O–H groups in total. The summed E-state index contributed by atoms with van der Waals surface area (Å²) in [6.07, 6.45) is 1.61. The zero-order valence-corrected chi connectivity index (χ0v) is 26.2. The van der Waals surface area contributed by atoms with Crippen molar-refractivity contribution < 1.29 is 18.7 Å². The van der Waals surface area contributed by atoms with Crippen molar-refractivity contribution in [2.75, 3.05) is 26.0 Å². The lowest BCUT2D eigenvalue weighted by molar-refractivity contribution is -0.119. The van der Waals surface area contributed by atoms with Gasteiger partial charge in [-0.3, -0.25) is 23.9 Å². The predicted molar refractivity (Wildman–Crippen MR) is 171 cm³/mol. The van der Waals surface area contributed by atoms with Gasteiger partial charge in [0.25, 0.3) is 11.5 Å². The number of rotatable bonds is 8. The summed E-state index contributed by atoms with van der Waals surface area (Å²) in [5, 5.41) is 5.64. The van der Waals surface area contributed by atoms with E-state index in [1.54, 1.807) is 6.07 Å². The highest BCUT2D eigenvalue weighted by atomic mass is 19.1. The Labute approximate surface area is 260 Å². The Morgan fingerprint density at radius 1 is 1.04 bits per heavy atom. The summed E-state index contributed by atoms with van der Waals surface area (Å²) in [5.41, 5.74) is 4.46. The van der Waals surface area contributed by atoms with Gasteiger partial charge < -0.3 is 19.9 Å². The number of methoxy groups -OCH3 is 1. The predicted octanol–water partition coefficient (Wildman–Crippen LogP) is 3.76. The SMILES string of the molecule is COc1cc(-c2cccc(-c3cccc(NC(=O)c4cn(C)c(=O)n(C)c4=O)c3C)c2C)cc(F)c1CN(C)C1CNC(=O)C1. The minimum Gasteiger partial charge on any atom is -0.496 e. The maximum Gasteiger partial charge on any atom is 0.330 e. The summed E-state index contributed by atoms with van der Waals surface area (Å²) < 4.78 is 23.4. The number of amides is 2. The van der Waals surface area contributed by atoms with E-state index in [1.807, 2.05) is 62.2 Å². The Kier molecular flexibility index (Phi) is 8.74.